The fourth-order valence-corrected chi connectivity index (χ4v) is 1.10. The molecule has 1 amide bonds. The summed E-state index contributed by atoms with van der Waals surface area (Å²) in [6, 6.07) is 1.64. The maximum atomic E-state index is 11.4. The standard InChI is InChI=1S/C9H9N3O3/c1-6-2-8(12-15-6)11-9(13)3-7-4-14-5-10-7/h2,4-5H,3H2,1H3,(H,11,12,13). The molecular formula is C9H9N3O3. The van der Waals surface area contributed by atoms with Gasteiger partial charge in [-0.3, -0.25) is 4.79 Å². The van der Waals surface area contributed by atoms with Crippen molar-refractivity contribution in [3.8, 4) is 0 Å². The molecule has 0 saturated carbocycles. The third kappa shape index (κ3) is 2.43. The number of carbonyl (C=O) groups excluding carboxylic acids is 1. The zero-order chi connectivity index (χ0) is 10.7. The highest BCUT2D eigenvalue weighted by molar-refractivity contribution is 5.90. The summed E-state index contributed by atoms with van der Waals surface area (Å²) in [4.78, 5) is 15.2. The lowest BCUT2D eigenvalue weighted by Crippen LogP contribution is -2.14. The number of amides is 1. The smallest absolute Gasteiger partial charge is 0.231 e. The second-order valence-corrected chi connectivity index (χ2v) is 3.03. The monoisotopic (exact) mass is 207 g/mol. The molecule has 0 aromatic carbocycles. The van der Waals surface area contributed by atoms with E-state index >= 15 is 0 Å². The number of aromatic nitrogens is 2. The maximum Gasteiger partial charge on any atom is 0.231 e. The average Bonchev–Trinajstić information content (AvgIpc) is 2.77. The molecule has 0 atom stereocenters. The van der Waals surface area contributed by atoms with Gasteiger partial charge in [-0.15, -0.1) is 0 Å². The number of hydrogen-bond donors (Lipinski definition) is 1. The van der Waals surface area contributed by atoms with Crippen molar-refractivity contribution in [2.75, 3.05) is 5.32 Å². The quantitative estimate of drug-likeness (QED) is 0.816. The van der Waals surface area contributed by atoms with Gasteiger partial charge in [0.05, 0.1) is 12.1 Å². The molecule has 2 aromatic heterocycles. The molecule has 15 heavy (non-hydrogen) atoms. The summed E-state index contributed by atoms with van der Waals surface area (Å²) in [5, 5.41) is 6.21. The Hall–Kier alpha value is -2.11. The Kier molecular flexibility index (Phi) is 2.49. The first-order valence-electron chi connectivity index (χ1n) is 4.34. The molecule has 1 N–H and O–H groups in total. The van der Waals surface area contributed by atoms with Crippen LogP contribution in [-0.2, 0) is 11.2 Å². The highest BCUT2D eigenvalue weighted by Gasteiger charge is 2.08. The minimum Gasteiger partial charge on any atom is -0.451 e. The summed E-state index contributed by atoms with van der Waals surface area (Å²) in [6.07, 6.45) is 2.86. The van der Waals surface area contributed by atoms with Gasteiger partial charge >= 0.3 is 0 Å². The van der Waals surface area contributed by atoms with E-state index in [1.807, 2.05) is 0 Å². The van der Waals surface area contributed by atoms with Gasteiger partial charge in [0.2, 0.25) is 5.91 Å². The van der Waals surface area contributed by atoms with Crippen LogP contribution in [-0.4, -0.2) is 16.0 Å². The maximum absolute atomic E-state index is 11.4. The summed E-state index contributed by atoms with van der Waals surface area (Å²) in [6.45, 7) is 1.75. The van der Waals surface area contributed by atoms with Crippen LogP contribution in [0.2, 0.25) is 0 Å². The third-order valence-electron chi connectivity index (χ3n) is 1.72. The van der Waals surface area contributed by atoms with Crippen LogP contribution in [0.25, 0.3) is 0 Å². The molecule has 0 radical (unpaired) electrons. The van der Waals surface area contributed by atoms with Crippen LogP contribution in [0.1, 0.15) is 11.5 Å². The van der Waals surface area contributed by atoms with Crippen LogP contribution >= 0.6 is 0 Å². The van der Waals surface area contributed by atoms with Crippen LogP contribution in [0, 0.1) is 6.92 Å². The predicted octanol–water partition coefficient (Wildman–Crippen LogP) is 1.15. The Bertz CT molecular complexity index is 447. The Labute approximate surface area is 85.3 Å². The van der Waals surface area contributed by atoms with Crippen molar-refractivity contribution in [3.05, 3.63) is 30.2 Å². The molecule has 2 heterocycles. The minimum atomic E-state index is -0.211. The number of nitrogens with zero attached hydrogens (tertiary/aromatic N) is 2. The lowest BCUT2D eigenvalue weighted by Gasteiger charge is -1.97. The van der Waals surface area contributed by atoms with Crippen LogP contribution in [0.4, 0.5) is 5.82 Å². The Morgan fingerprint density at radius 1 is 1.60 bits per heavy atom. The van der Waals surface area contributed by atoms with Crippen molar-refractivity contribution >= 4 is 11.7 Å². The van der Waals surface area contributed by atoms with Crippen molar-refractivity contribution in [2.24, 2.45) is 0 Å². The third-order valence-corrected chi connectivity index (χ3v) is 1.72. The zero-order valence-corrected chi connectivity index (χ0v) is 8.06. The first-order valence-corrected chi connectivity index (χ1v) is 4.34. The molecule has 2 aromatic rings. The molecule has 0 fully saturated rings. The molecule has 0 aliphatic heterocycles. The summed E-state index contributed by atoms with van der Waals surface area (Å²) in [7, 11) is 0. The van der Waals surface area contributed by atoms with Crippen LogP contribution in [0.3, 0.4) is 0 Å². The second kappa shape index (κ2) is 3.95. The van der Waals surface area contributed by atoms with Gasteiger partial charge in [-0.2, -0.15) is 0 Å². The molecule has 0 unspecified atom stereocenters. The second-order valence-electron chi connectivity index (χ2n) is 3.03. The summed E-state index contributed by atoms with van der Waals surface area (Å²) in [5.74, 6) is 0.838. The normalized spacial score (nSPS) is 10.2. The molecular weight excluding hydrogens is 198 g/mol. The van der Waals surface area contributed by atoms with Crippen LogP contribution in [0.15, 0.2) is 27.7 Å². The van der Waals surface area contributed by atoms with Crippen molar-refractivity contribution in [2.45, 2.75) is 13.3 Å². The van der Waals surface area contributed by atoms with Crippen molar-refractivity contribution in [3.63, 3.8) is 0 Å². The van der Waals surface area contributed by atoms with E-state index in [-0.39, 0.29) is 12.3 Å². The van der Waals surface area contributed by atoms with E-state index in [1.54, 1.807) is 13.0 Å². The summed E-state index contributed by atoms with van der Waals surface area (Å²) < 4.78 is 9.55. The topological polar surface area (TPSA) is 81.2 Å². The molecule has 0 aliphatic rings. The summed E-state index contributed by atoms with van der Waals surface area (Å²) >= 11 is 0. The molecule has 0 aliphatic carbocycles. The molecule has 2 rings (SSSR count). The van der Waals surface area contributed by atoms with Crippen molar-refractivity contribution < 1.29 is 13.7 Å². The van der Waals surface area contributed by atoms with Crippen LogP contribution in [0.5, 0.6) is 0 Å². The SMILES string of the molecule is Cc1cc(NC(=O)Cc2cocn2)no1. The van der Waals surface area contributed by atoms with Gasteiger partial charge in [0.15, 0.2) is 12.2 Å². The molecule has 6 heteroatoms. The fraction of sp³-hybridized carbons (Fsp3) is 0.222. The Balaban J connectivity index is 1.93. The molecule has 0 saturated heterocycles. The van der Waals surface area contributed by atoms with E-state index < -0.39 is 0 Å². The number of rotatable bonds is 3. The van der Waals surface area contributed by atoms with E-state index in [0.29, 0.717) is 17.3 Å². The Morgan fingerprint density at radius 3 is 3.07 bits per heavy atom. The lowest BCUT2D eigenvalue weighted by atomic mass is 10.3. The fourth-order valence-electron chi connectivity index (χ4n) is 1.10. The van der Waals surface area contributed by atoms with Crippen LogP contribution < -0.4 is 5.32 Å². The average molecular weight is 207 g/mol. The number of oxazole rings is 1. The Morgan fingerprint density at radius 2 is 2.47 bits per heavy atom. The van der Waals surface area contributed by atoms with E-state index in [4.69, 9.17) is 8.94 Å². The number of nitrogens with one attached hydrogen (secondary N) is 1. The first kappa shape index (κ1) is 9.45. The molecule has 0 bridgehead atoms. The van der Waals surface area contributed by atoms with Gasteiger partial charge in [0, 0.05) is 6.07 Å². The zero-order valence-electron chi connectivity index (χ0n) is 8.06. The van der Waals surface area contributed by atoms with Crippen molar-refractivity contribution in [1.29, 1.82) is 0 Å². The van der Waals surface area contributed by atoms with E-state index in [2.05, 4.69) is 15.5 Å². The van der Waals surface area contributed by atoms with Gasteiger partial charge < -0.3 is 14.3 Å². The largest absolute Gasteiger partial charge is 0.451 e. The number of anilines is 1. The molecule has 6 nitrogen and oxygen atoms in total. The number of carbonyl (C=O) groups is 1. The number of hydrogen-bond acceptors (Lipinski definition) is 5. The minimum absolute atomic E-state index is 0.155. The van der Waals surface area contributed by atoms with E-state index in [1.165, 1.54) is 12.7 Å². The van der Waals surface area contributed by atoms with Gasteiger partial charge in [0.1, 0.15) is 12.0 Å². The first-order chi connectivity index (χ1) is 7.24. The molecule has 78 valence electrons. The van der Waals surface area contributed by atoms with Gasteiger partial charge in [-0.1, -0.05) is 5.16 Å². The highest BCUT2D eigenvalue weighted by atomic mass is 16.5. The van der Waals surface area contributed by atoms with Crippen molar-refractivity contribution in [1.82, 2.24) is 10.1 Å². The van der Waals surface area contributed by atoms with Gasteiger partial charge in [-0.25, -0.2) is 4.98 Å². The predicted molar refractivity (Wildman–Crippen MR) is 50.1 cm³/mol. The number of aryl methyl sites for hydroxylation is 1. The van der Waals surface area contributed by atoms with E-state index in [9.17, 15) is 4.79 Å². The molecule has 0 spiro atoms. The summed E-state index contributed by atoms with van der Waals surface area (Å²) in [5.41, 5.74) is 0.577. The lowest BCUT2D eigenvalue weighted by molar-refractivity contribution is -0.115. The highest BCUT2D eigenvalue weighted by Crippen LogP contribution is 2.07. The van der Waals surface area contributed by atoms with Gasteiger partial charge in [-0.05, 0) is 6.92 Å². The van der Waals surface area contributed by atoms with E-state index in [0.717, 1.165) is 0 Å². The van der Waals surface area contributed by atoms with Gasteiger partial charge in [0.25, 0.3) is 0 Å².